The smallest absolute Gasteiger partial charge is 0.251 e. The first kappa shape index (κ1) is 22.9. The second-order valence-corrected chi connectivity index (χ2v) is 8.49. The van der Waals surface area contributed by atoms with Crippen LogP contribution in [0.4, 0.5) is 0 Å². The van der Waals surface area contributed by atoms with Crippen LogP contribution in [0.25, 0.3) is 0 Å². The molecule has 0 spiro atoms. The molecule has 174 valence electrons. The van der Waals surface area contributed by atoms with Gasteiger partial charge in [0.1, 0.15) is 5.75 Å². The van der Waals surface area contributed by atoms with Crippen LogP contribution >= 0.6 is 0 Å². The van der Waals surface area contributed by atoms with Crippen LogP contribution < -0.4 is 10.1 Å². The van der Waals surface area contributed by atoms with E-state index in [0.29, 0.717) is 29.6 Å². The molecule has 1 aliphatic rings. The number of carbonyl (C=O) groups excluding carboxylic acids is 1. The molecule has 0 bridgehead atoms. The quantitative estimate of drug-likeness (QED) is 0.562. The van der Waals surface area contributed by atoms with Crippen molar-refractivity contribution in [1.82, 2.24) is 20.4 Å². The zero-order valence-electron chi connectivity index (χ0n) is 19.3. The van der Waals surface area contributed by atoms with Crippen molar-refractivity contribution >= 4 is 5.91 Å². The molecule has 0 saturated carbocycles. The van der Waals surface area contributed by atoms with Crippen molar-refractivity contribution in [1.29, 1.82) is 0 Å². The van der Waals surface area contributed by atoms with Crippen LogP contribution in [0.2, 0.25) is 0 Å². The van der Waals surface area contributed by atoms with E-state index < -0.39 is 0 Å². The summed E-state index contributed by atoms with van der Waals surface area (Å²) in [5.74, 6) is 1.48. The predicted molar refractivity (Wildman–Crippen MR) is 123 cm³/mol. The Morgan fingerprint density at radius 1 is 1.06 bits per heavy atom. The molecule has 1 amide bonds. The van der Waals surface area contributed by atoms with E-state index in [1.54, 1.807) is 31.2 Å². The number of rotatable bonds is 8. The van der Waals surface area contributed by atoms with Crippen LogP contribution in [-0.2, 0) is 24.4 Å². The molecule has 1 N–H and O–H groups in total. The molecular formula is C25H30N4O4. The zero-order valence-corrected chi connectivity index (χ0v) is 19.3. The number of benzene rings is 2. The van der Waals surface area contributed by atoms with Gasteiger partial charge in [-0.05, 0) is 49.2 Å². The predicted octanol–water partition coefficient (Wildman–Crippen LogP) is 3.50. The lowest BCUT2D eigenvalue weighted by Crippen LogP contribution is -2.44. The van der Waals surface area contributed by atoms with E-state index in [1.165, 1.54) is 5.56 Å². The standard InChI is InChI=1S/C25H30N4O4/c1-17-13-29(14-18(2)32-17)15-21-6-4-20(5-7-21)12-26-25(30)22-8-10-23(11-9-22)31-16-24-27-19(3)33-28-24/h4-11,17-18H,12-16H2,1-3H3,(H,26,30). The van der Waals surface area contributed by atoms with Gasteiger partial charge in [-0.3, -0.25) is 9.69 Å². The SMILES string of the molecule is Cc1nc(COc2ccc(C(=O)NCc3ccc(CN4CC(C)OC(C)C4)cc3)cc2)no1. The number of ether oxygens (including phenoxy) is 2. The maximum atomic E-state index is 12.5. The van der Waals surface area contributed by atoms with Crippen LogP contribution in [0, 0.1) is 6.92 Å². The Morgan fingerprint density at radius 3 is 2.36 bits per heavy atom. The molecule has 0 aliphatic carbocycles. The minimum atomic E-state index is -0.129. The summed E-state index contributed by atoms with van der Waals surface area (Å²) in [4.78, 5) is 19.0. The Balaban J connectivity index is 1.23. The van der Waals surface area contributed by atoms with E-state index in [9.17, 15) is 4.79 Å². The van der Waals surface area contributed by atoms with E-state index in [2.05, 4.69) is 58.5 Å². The third-order valence-corrected chi connectivity index (χ3v) is 5.43. The summed E-state index contributed by atoms with van der Waals surface area (Å²) in [7, 11) is 0. The fourth-order valence-corrected chi connectivity index (χ4v) is 3.97. The van der Waals surface area contributed by atoms with Crippen LogP contribution in [-0.4, -0.2) is 46.2 Å². The van der Waals surface area contributed by atoms with Gasteiger partial charge in [-0.2, -0.15) is 4.98 Å². The van der Waals surface area contributed by atoms with E-state index in [-0.39, 0.29) is 24.7 Å². The molecule has 1 aromatic heterocycles. The van der Waals surface area contributed by atoms with Gasteiger partial charge in [-0.25, -0.2) is 0 Å². The van der Waals surface area contributed by atoms with E-state index in [4.69, 9.17) is 14.0 Å². The molecule has 2 heterocycles. The van der Waals surface area contributed by atoms with Crippen LogP contribution in [0.5, 0.6) is 5.75 Å². The zero-order chi connectivity index (χ0) is 23.2. The number of nitrogens with one attached hydrogen (secondary N) is 1. The Kier molecular flexibility index (Phi) is 7.36. The summed E-state index contributed by atoms with van der Waals surface area (Å²) in [6.07, 6.45) is 0.525. The van der Waals surface area contributed by atoms with Crippen molar-refractivity contribution in [3.63, 3.8) is 0 Å². The molecule has 1 aliphatic heterocycles. The molecule has 1 fully saturated rings. The monoisotopic (exact) mass is 450 g/mol. The van der Waals surface area contributed by atoms with Crippen LogP contribution in [0.1, 0.15) is 47.0 Å². The van der Waals surface area contributed by atoms with Crippen molar-refractivity contribution in [2.45, 2.75) is 52.7 Å². The highest BCUT2D eigenvalue weighted by Crippen LogP contribution is 2.16. The van der Waals surface area contributed by atoms with Crippen molar-refractivity contribution in [2.24, 2.45) is 0 Å². The van der Waals surface area contributed by atoms with Gasteiger partial charge in [0, 0.05) is 38.7 Å². The van der Waals surface area contributed by atoms with Gasteiger partial charge < -0.3 is 19.3 Å². The van der Waals surface area contributed by atoms with Crippen molar-refractivity contribution in [3.8, 4) is 5.75 Å². The normalized spacial score (nSPS) is 18.8. The second-order valence-electron chi connectivity index (χ2n) is 8.49. The summed E-state index contributed by atoms with van der Waals surface area (Å²) in [5.41, 5.74) is 2.90. The lowest BCUT2D eigenvalue weighted by molar-refractivity contribution is -0.0704. The molecule has 8 heteroatoms. The number of nitrogens with zero attached hydrogens (tertiary/aromatic N) is 3. The number of amides is 1. The van der Waals surface area contributed by atoms with Gasteiger partial charge in [0.2, 0.25) is 11.7 Å². The second kappa shape index (κ2) is 10.6. The summed E-state index contributed by atoms with van der Waals surface area (Å²) >= 11 is 0. The first-order valence-electron chi connectivity index (χ1n) is 11.2. The minimum absolute atomic E-state index is 0.129. The fourth-order valence-electron chi connectivity index (χ4n) is 3.97. The van der Waals surface area contributed by atoms with Gasteiger partial charge in [0.15, 0.2) is 6.61 Å². The Morgan fingerprint density at radius 2 is 1.73 bits per heavy atom. The molecule has 3 aromatic rings. The number of hydrogen-bond acceptors (Lipinski definition) is 7. The minimum Gasteiger partial charge on any atom is -0.485 e. The Bertz CT molecular complexity index is 1040. The molecular weight excluding hydrogens is 420 g/mol. The number of hydrogen-bond donors (Lipinski definition) is 1. The van der Waals surface area contributed by atoms with Gasteiger partial charge in [-0.15, -0.1) is 0 Å². The van der Waals surface area contributed by atoms with Crippen molar-refractivity contribution in [3.05, 3.63) is 76.9 Å². The lowest BCUT2D eigenvalue weighted by Gasteiger charge is -2.35. The average molecular weight is 451 g/mol. The number of aryl methyl sites for hydroxylation is 1. The highest BCUT2D eigenvalue weighted by atomic mass is 16.5. The third kappa shape index (κ3) is 6.63. The first-order chi connectivity index (χ1) is 15.9. The Labute approximate surface area is 193 Å². The van der Waals surface area contributed by atoms with Crippen molar-refractivity contribution in [2.75, 3.05) is 13.1 Å². The molecule has 1 saturated heterocycles. The van der Waals surface area contributed by atoms with Crippen LogP contribution in [0.15, 0.2) is 53.1 Å². The maximum absolute atomic E-state index is 12.5. The highest BCUT2D eigenvalue weighted by Gasteiger charge is 2.21. The highest BCUT2D eigenvalue weighted by molar-refractivity contribution is 5.94. The molecule has 0 radical (unpaired) electrons. The molecule has 2 atom stereocenters. The third-order valence-electron chi connectivity index (χ3n) is 5.43. The first-order valence-corrected chi connectivity index (χ1v) is 11.2. The van der Waals surface area contributed by atoms with Gasteiger partial charge in [0.25, 0.3) is 5.91 Å². The number of carbonyl (C=O) groups is 1. The summed E-state index contributed by atoms with van der Waals surface area (Å²) in [6, 6.07) is 15.4. The lowest BCUT2D eigenvalue weighted by atomic mass is 10.1. The average Bonchev–Trinajstić information content (AvgIpc) is 3.22. The topological polar surface area (TPSA) is 89.7 Å². The van der Waals surface area contributed by atoms with Gasteiger partial charge in [0.05, 0.1) is 12.2 Å². The Hall–Kier alpha value is -3.23. The number of morpholine rings is 1. The maximum Gasteiger partial charge on any atom is 0.251 e. The molecule has 2 unspecified atom stereocenters. The summed E-state index contributed by atoms with van der Waals surface area (Å²) in [6.45, 7) is 9.45. The van der Waals surface area contributed by atoms with E-state index in [0.717, 1.165) is 25.2 Å². The molecule has 8 nitrogen and oxygen atoms in total. The van der Waals surface area contributed by atoms with E-state index >= 15 is 0 Å². The fraction of sp³-hybridized carbons (Fsp3) is 0.400. The summed E-state index contributed by atoms with van der Waals surface area (Å²) < 4.78 is 16.3. The van der Waals surface area contributed by atoms with Crippen molar-refractivity contribution < 1.29 is 18.8 Å². The number of aromatic nitrogens is 2. The van der Waals surface area contributed by atoms with E-state index in [1.807, 2.05) is 0 Å². The summed E-state index contributed by atoms with van der Waals surface area (Å²) in [5, 5.41) is 6.76. The largest absolute Gasteiger partial charge is 0.485 e. The molecule has 4 rings (SSSR count). The molecule has 33 heavy (non-hydrogen) atoms. The van der Waals surface area contributed by atoms with Crippen LogP contribution in [0.3, 0.4) is 0 Å². The van der Waals surface area contributed by atoms with Gasteiger partial charge in [-0.1, -0.05) is 29.4 Å². The van der Waals surface area contributed by atoms with Gasteiger partial charge >= 0.3 is 0 Å². The molecule has 2 aromatic carbocycles.